The SMILES string of the molecule is Cc1cc(B2OC(C)(C)C(C)(C)O2)cc(C)c1O.Cc1ccc(-c2ccc(O)c(C)c2)c([N+](=O)[O-])c1.Cc1ccc(I)c([N+](=O)[O-])c1.Cc1ccc2c(c1)[nH]c1c(C)c(O)c(C)cc12.Cc1ccc2c(c1)[nH]c1c(C)c(OS(=O)(=O)c3cccc4ccccc34)ccc12. The summed E-state index contributed by atoms with van der Waals surface area (Å²) in [4.78, 5) is 27.7. The van der Waals surface area contributed by atoms with E-state index in [1.807, 2.05) is 166 Å². The third-order valence-corrected chi connectivity index (χ3v) is 19.2. The van der Waals surface area contributed by atoms with Crippen LogP contribution in [0.1, 0.15) is 83.3 Å². The van der Waals surface area contributed by atoms with Crippen LogP contribution < -0.4 is 9.65 Å². The number of phenolic OH excluding ortho intramolecular Hbond substituents is 3. The average molecular weight is 1380 g/mol. The number of aromatic nitrogens is 2. The topological polar surface area (TPSA) is 240 Å². The molecule has 19 heteroatoms. The number of nitrogens with zero attached hydrogens (tertiary/aromatic N) is 2. The van der Waals surface area contributed by atoms with Gasteiger partial charge in [-0.05, 0) is 241 Å². The van der Waals surface area contributed by atoms with Crippen LogP contribution in [0.5, 0.6) is 23.0 Å². The van der Waals surface area contributed by atoms with Gasteiger partial charge < -0.3 is 38.8 Å². The molecule has 3 heterocycles. The largest absolute Gasteiger partial charge is 0.508 e. The lowest BCUT2D eigenvalue weighted by molar-refractivity contribution is -0.385. The van der Waals surface area contributed by atoms with E-state index in [0.29, 0.717) is 37.3 Å². The first-order valence-corrected chi connectivity index (χ1v) is 32.5. The number of hydrogen-bond donors (Lipinski definition) is 5. The van der Waals surface area contributed by atoms with Crippen LogP contribution in [-0.2, 0) is 19.4 Å². The summed E-state index contributed by atoms with van der Waals surface area (Å²) in [7, 11) is -4.35. The maximum Gasteiger partial charge on any atom is 0.494 e. The highest BCUT2D eigenvalue weighted by molar-refractivity contribution is 14.1. The lowest BCUT2D eigenvalue weighted by atomic mass is 9.77. The number of aryl methyl sites for hydroxylation is 10. The predicted octanol–water partition coefficient (Wildman–Crippen LogP) is 18.2. The zero-order valence-corrected chi connectivity index (χ0v) is 57.3. The molecule has 13 rings (SSSR count). The van der Waals surface area contributed by atoms with Crippen molar-refractivity contribution in [1.82, 2.24) is 9.97 Å². The molecule has 5 N–H and O–H groups in total. The number of hydrogen-bond acceptors (Lipinski definition) is 12. The fourth-order valence-electron chi connectivity index (χ4n) is 11.1. The highest BCUT2D eigenvalue weighted by Gasteiger charge is 2.52. The van der Waals surface area contributed by atoms with Crippen molar-refractivity contribution < 1.29 is 47.1 Å². The summed E-state index contributed by atoms with van der Waals surface area (Å²) in [5, 5.41) is 56.7. The number of benzene rings is 10. The normalized spacial score (nSPS) is 13.1. The summed E-state index contributed by atoms with van der Waals surface area (Å²) in [6, 6.07) is 50.0. The molecule has 16 nitrogen and oxygen atoms in total. The van der Waals surface area contributed by atoms with Gasteiger partial charge in [0.25, 0.3) is 11.4 Å². The van der Waals surface area contributed by atoms with Crippen LogP contribution in [0.25, 0.3) is 65.5 Å². The number of H-pyrrole nitrogens is 2. The Labute approximate surface area is 554 Å². The molecule has 1 fully saturated rings. The van der Waals surface area contributed by atoms with Gasteiger partial charge in [-0.2, -0.15) is 8.42 Å². The number of fused-ring (bicyclic) bond motifs is 7. The maximum absolute atomic E-state index is 13.1. The fraction of sp³-hybridized carbons (Fsp3) is 0.216. The minimum atomic E-state index is -3.98. The van der Waals surface area contributed by atoms with Crippen LogP contribution >= 0.6 is 22.6 Å². The Morgan fingerprint density at radius 2 is 1.01 bits per heavy atom. The van der Waals surface area contributed by atoms with Gasteiger partial charge >= 0.3 is 17.2 Å². The van der Waals surface area contributed by atoms with Gasteiger partial charge in [0, 0.05) is 61.2 Å². The van der Waals surface area contributed by atoms with Crippen molar-refractivity contribution in [2.45, 2.75) is 113 Å². The van der Waals surface area contributed by atoms with Crippen molar-refractivity contribution in [1.29, 1.82) is 0 Å². The third kappa shape index (κ3) is 14.7. The monoisotopic (exact) mass is 1380 g/mol. The molecule has 2 aromatic heterocycles. The lowest BCUT2D eigenvalue weighted by Crippen LogP contribution is -2.41. The van der Waals surface area contributed by atoms with E-state index < -0.39 is 10.1 Å². The molecule has 0 atom stereocenters. The second-order valence-corrected chi connectivity index (χ2v) is 27.3. The summed E-state index contributed by atoms with van der Waals surface area (Å²) in [5.41, 5.74) is 15.1. The van der Waals surface area contributed by atoms with E-state index in [2.05, 4.69) is 53.3 Å². The van der Waals surface area contributed by atoms with Gasteiger partial charge in [-0.15, -0.1) is 0 Å². The number of aromatic hydroxyl groups is 3. The fourth-order valence-corrected chi connectivity index (χ4v) is 12.8. The molecule has 12 aromatic rings. The van der Waals surface area contributed by atoms with Gasteiger partial charge in [-0.1, -0.05) is 91.0 Å². The molecule has 0 saturated carbocycles. The number of rotatable bonds is 7. The zero-order valence-electron chi connectivity index (χ0n) is 54.4. The second-order valence-electron chi connectivity index (χ2n) is 24.6. The summed E-state index contributed by atoms with van der Waals surface area (Å²) in [5.74, 6) is 1.25. The minimum absolute atomic E-state index is 0.0834. The van der Waals surface area contributed by atoms with Crippen molar-refractivity contribution in [3.8, 4) is 34.1 Å². The molecule has 0 bridgehead atoms. The molecule has 1 aliphatic rings. The maximum atomic E-state index is 13.1. The Hall–Kier alpha value is -9.28. The Kier molecular flexibility index (Phi) is 19.9. The van der Waals surface area contributed by atoms with Gasteiger partial charge in [-0.3, -0.25) is 20.2 Å². The number of phenols is 3. The molecule has 10 aromatic carbocycles. The Bertz CT molecular complexity index is 4980. The van der Waals surface area contributed by atoms with Gasteiger partial charge in [-0.25, -0.2) is 0 Å². The molecule has 0 amide bonds. The van der Waals surface area contributed by atoms with Crippen molar-refractivity contribution in [2.24, 2.45) is 0 Å². The number of nitro groups is 2. The minimum Gasteiger partial charge on any atom is -0.508 e. The molecule has 93 heavy (non-hydrogen) atoms. The number of halogens is 1. The highest BCUT2D eigenvalue weighted by Crippen LogP contribution is 2.40. The third-order valence-electron chi connectivity index (χ3n) is 17.0. The van der Waals surface area contributed by atoms with Crippen LogP contribution in [0, 0.1) is 93.0 Å². The molecule has 0 spiro atoms. The van der Waals surface area contributed by atoms with Crippen LogP contribution in [0.4, 0.5) is 11.4 Å². The van der Waals surface area contributed by atoms with Crippen molar-refractivity contribution in [2.75, 3.05) is 0 Å². The van der Waals surface area contributed by atoms with E-state index in [1.165, 1.54) is 16.3 Å². The quantitative estimate of drug-likeness (QED) is 0.0329. The van der Waals surface area contributed by atoms with E-state index in [1.54, 1.807) is 73.7 Å². The molecule has 0 radical (unpaired) electrons. The highest BCUT2D eigenvalue weighted by atomic mass is 127. The van der Waals surface area contributed by atoms with Crippen molar-refractivity contribution in [3.05, 3.63) is 243 Å². The lowest BCUT2D eigenvalue weighted by Gasteiger charge is -2.32. The Morgan fingerprint density at radius 1 is 0.505 bits per heavy atom. The van der Waals surface area contributed by atoms with Gasteiger partial charge in [0.15, 0.2) is 0 Å². The number of nitrogens with one attached hydrogen (secondary N) is 2. The van der Waals surface area contributed by atoms with E-state index in [4.69, 9.17) is 13.5 Å². The van der Waals surface area contributed by atoms with E-state index in [-0.39, 0.29) is 50.2 Å². The van der Waals surface area contributed by atoms with Crippen molar-refractivity contribution >= 4 is 111 Å². The van der Waals surface area contributed by atoms with E-state index in [9.17, 15) is 44.0 Å². The number of aromatic amines is 2. The first kappa shape index (κ1) is 68.1. The summed E-state index contributed by atoms with van der Waals surface area (Å²) in [6.45, 7) is 27.2. The van der Waals surface area contributed by atoms with E-state index >= 15 is 0 Å². The van der Waals surface area contributed by atoms with Crippen LogP contribution in [-0.4, -0.2) is 61.9 Å². The smallest absolute Gasteiger partial charge is 0.494 e. The molecule has 0 aliphatic carbocycles. The van der Waals surface area contributed by atoms with Crippen LogP contribution in [0.3, 0.4) is 0 Å². The van der Waals surface area contributed by atoms with Crippen LogP contribution in [0.15, 0.2) is 169 Å². The van der Waals surface area contributed by atoms with Gasteiger partial charge in [0.2, 0.25) is 0 Å². The zero-order chi connectivity index (χ0) is 67.8. The van der Waals surface area contributed by atoms with Gasteiger partial charge in [0.1, 0.15) is 27.9 Å². The van der Waals surface area contributed by atoms with Gasteiger partial charge in [0.05, 0.1) is 41.2 Å². The molecule has 1 saturated heterocycles. The second kappa shape index (κ2) is 27.1. The van der Waals surface area contributed by atoms with E-state index in [0.717, 1.165) is 93.8 Å². The summed E-state index contributed by atoms with van der Waals surface area (Å²) >= 11 is 1.95. The molecule has 478 valence electrons. The first-order valence-electron chi connectivity index (χ1n) is 30.0. The van der Waals surface area contributed by atoms with Crippen molar-refractivity contribution in [3.63, 3.8) is 0 Å². The average Bonchev–Trinajstić information content (AvgIpc) is 1.69. The molecular formula is C74H74BIN4O12S. The first-order chi connectivity index (χ1) is 43.7. The molecule has 0 unspecified atom stereocenters. The molecular weight excluding hydrogens is 1310 g/mol. The Balaban J connectivity index is 0.000000142. The number of nitro benzene ring substituents is 2. The molecule has 1 aliphatic heterocycles. The Morgan fingerprint density at radius 3 is 1.59 bits per heavy atom. The van der Waals surface area contributed by atoms with Crippen LogP contribution in [0.2, 0.25) is 0 Å². The summed E-state index contributed by atoms with van der Waals surface area (Å²) in [6.07, 6.45) is 0. The summed E-state index contributed by atoms with van der Waals surface area (Å²) < 4.78 is 44.5. The predicted molar refractivity (Wildman–Crippen MR) is 382 cm³/mol. The standard InChI is InChI=1S/C24H19NO3S.C15H15NO.C14H21BO3.C14H13NO3.C7H6INO2/c1-15-10-11-19-20-12-13-22(16(2)24(20)25-21(19)14-15)28-29(26,27)23-9-5-7-17-6-3-4-8-18(17)23;1-8-4-5-11-12-7-9(2)15(17)10(3)14(12)16-13(11)6-8;1-9-7-11(8-10(2)12(9)16)15-17-13(3,4)14(5,6)18-15;1-9-3-5-12(13(7-9)15(17)18)11-4-6-14(16)10(2)8-11;1-5-2-3-6(8)7(4-5)9(10)11/h3-14,25H,1-2H3;4-7,16-17H,1-3H3;7-8,16H,1-6H3;3-8,16H,1-2H3;2-4H,1H3.